The molecule has 0 heterocycles. The van der Waals surface area contributed by atoms with Crippen LogP contribution in [-0.4, -0.2) is 26.9 Å². The van der Waals surface area contributed by atoms with Gasteiger partial charge in [-0.05, 0) is 37.1 Å². The summed E-state index contributed by atoms with van der Waals surface area (Å²) in [6.07, 6.45) is 2.76. The Balaban J connectivity index is 2.59. The van der Waals surface area contributed by atoms with Crippen LogP contribution in [0.5, 0.6) is 0 Å². The summed E-state index contributed by atoms with van der Waals surface area (Å²) in [5, 5.41) is 0. The Morgan fingerprint density at radius 2 is 1.17 bits per heavy atom. The van der Waals surface area contributed by atoms with E-state index in [2.05, 4.69) is 46.9 Å². The van der Waals surface area contributed by atoms with Crippen molar-refractivity contribution in [2.45, 2.75) is 13.8 Å². The number of rotatable bonds is 7. The van der Waals surface area contributed by atoms with Crippen molar-refractivity contribution in [1.82, 2.24) is 11.0 Å². The second-order valence-corrected chi connectivity index (χ2v) is 5.05. The van der Waals surface area contributed by atoms with Crippen LogP contribution in [0.2, 0.25) is 0 Å². The lowest BCUT2D eigenvalue weighted by Gasteiger charge is -2.14. The van der Waals surface area contributed by atoms with Crippen LogP contribution in [0.1, 0.15) is 11.1 Å². The first-order chi connectivity index (χ1) is 11.7. The van der Waals surface area contributed by atoms with Gasteiger partial charge >= 0.3 is 0 Å². The van der Waals surface area contributed by atoms with Gasteiger partial charge in [0, 0.05) is 25.2 Å². The summed E-state index contributed by atoms with van der Waals surface area (Å²) in [5.74, 6) is 0. The van der Waals surface area contributed by atoms with Crippen molar-refractivity contribution in [2.24, 2.45) is 9.98 Å². The van der Waals surface area contributed by atoms with Gasteiger partial charge in [0.1, 0.15) is 0 Å². The molecule has 0 radical (unpaired) electrons. The summed E-state index contributed by atoms with van der Waals surface area (Å²) < 4.78 is 0. The minimum Gasteiger partial charge on any atom is -0.397 e. The highest BCUT2D eigenvalue weighted by Crippen LogP contribution is 2.40. The highest BCUT2D eigenvalue weighted by Gasteiger charge is 2.14. The van der Waals surface area contributed by atoms with E-state index in [0.717, 1.165) is 33.6 Å². The van der Waals surface area contributed by atoms with E-state index in [1.807, 2.05) is 24.3 Å². The van der Waals surface area contributed by atoms with Crippen LogP contribution in [0.25, 0.3) is 11.1 Å². The fraction of sp³-hybridized carbons (Fsp3) is 0.222. The van der Waals surface area contributed by atoms with Gasteiger partial charge < -0.3 is 9.68 Å². The highest BCUT2D eigenvalue weighted by atomic mass is 16.6. The molecule has 0 bridgehead atoms. The van der Waals surface area contributed by atoms with Crippen molar-refractivity contribution in [3.05, 3.63) is 47.5 Å². The molecule has 0 unspecified atom stereocenters. The lowest BCUT2D eigenvalue weighted by Crippen LogP contribution is -2.04. The minimum atomic E-state index is 0.811. The largest absolute Gasteiger partial charge is 0.397 e. The van der Waals surface area contributed by atoms with Gasteiger partial charge in [0.15, 0.2) is 0 Å². The molecule has 2 aromatic rings. The third-order valence-corrected chi connectivity index (χ3v) is 3.48. The molecule has 0 aliphatic carbocycles. The maximum absolute atomic E-state index is 5.01. The van der Waals surface area contributed by atoms with Gasteiger partial charge in [-0.15, -0.1) is 0 Å². The second-order valence-electron chi connectivity index (χ2n) is 5.05. The molecule has 6 heteroatoms. The summed E-state index contributed by atoms with van der Waals surface area (Å²) in [4.78, 5) is 18.8. The molecule has 0 spiro atoms. The van der Waals surface area contributed by atoms with E-state index < -0.39 is 0 Å². The van der Waals surface area contributed by atoms with Crippen molar-refractivity contribution in [3.8, 4) is 11.1 Å². The number of nitrogens with zero attached hydrogens (tertiary/aromatic N) is 2. The third kappa shape index (κ3) is 4.18. The number of aliphatic imine (C=N–C) groups is 2. The average molecular weight is 326 g/mol. The summed E-state index contributed by atoms with van der Waals surface area (Å²) in [6, 6.07) is 11.9. The van der Waals surface area contributed by atoms with Gasteiger partial charge in [0.2, 0.25) is 12.8 Å². The van der Waals surface area contributed by atoms with Gasteiger partial charge in [0.25, 0.3) is 0 Å². The first kappa shape index (κ1) is 17.7. The Hall–Kier alpha value is -2.70. The number of aryl methyl sites for hydroxylation is 2. The van der Waals surface area contributed by atoms with E-state index in [-0.39, 0.29) is 0 Å². The quantitative estimate of drug-likeness (QED) is 0.463. The summed E-state index contributed by atoms with van der Waals surface area (Å²) in [5.41, 5.74) is 11.0. The zero-order valence-corrected chi connectivity index (χ0v) is 14.3. The maximum Gasteiger partial charge on any atom is 0.201 e. The topological polar surface area (TPSA) is 67.2 Å². The van der Waals surface area contributed by atoms with Crippen LogP contribution in [0.4, 0.5) is 11.4 Å². The van der Waals surface area contributed by atoms with Crippen molar-refractivity contribution in [2.75, 3.05) is 14.1 Å². The first-order valence-corrected chi connectivity index (χ1v) is 7.58. The van der Waals surface area contributed by atoms with E-state index in [1.165, 1.54) is 12.8 Å². The lowest BCUT2D eigenvalue weighted by molar-refractivity contribution is 0.222. The van der Waals surface area contributed by atoms with Crippen LogP contribution >= 0.6 is 0 Å². The molecule has 2 N–H and O–H groups in total. The van der Waals surface area contributed by atoms with Gasteiger partial charge in [0.05, 0.1) is 11.4 Å². The highest BCUT2D eigenvalue weighted by molar-refractivity contribution is 5.89. The molecule has 0 atom stereocenters. The molecule has 6 nitrogen and oxygen atoms in total. The molecule has 0 aliphatic heterocycles. The Bertz CT molecular complexity index is 678. The van der Waals surface area contributed by atoms with Crippen LogP contribution in [-0.2, 0) is 9.68 Å². The molecule has 24 heavy (non-hydrogen) atoms. The number of hydrogen-bond acceptors (Lipinski definition) is 6. The third-order valence-electron chi connectivity index (χ3n) is 3.48. The maximum atomic E-state index is 5.01. The molecule has 0 amide bonds. The number of nitrogens with one attached hydrogen (secondary N) is 2. The van der Waals surface area contributed by atoms with Crippen molar-refractivity contribution in [1.29, 1.82) is 0 Å². The number of hydrogen-bond donors (Lipinski definition) is 2. The molecule has 2 aromatic carbocycles. The molecular formula is C18H22N4O2. The minimum absolute atomic E-state index is 0.811. The van der Waals surface area contributed by atoms with Gasteiger partial charge in [-0.2, -0.15) is 11.0 Å². The van der Waals surface area contributed by atoms with Crippen LogP contribution < -0.4 is 11.0 Å². The van der Waals surface area contributed by atoms with Gasteiger partial charge in [-0.25, -0.2) is 9.98 Å². The molecule has 0 aliphatic rings. The molecule has 0 aromatic heterocycles. The van der Waals surface area contributed by atoms with Crippen LogP contribution in [0.15, 0.2) is 46.4 Å². The van der Waals surface area contributed by atoms with Crippen molar-refractivity contribution < 1.29 is 9.68 Å². The second kappa shape index (κ2) is 8.81. The number of hydroxylamine groups is 2. The van der Waals surface area contributed by atoms with Crippen molar-refractivity contribution >= 4 is 24.2 Å². The Labute approximate surface area is 142 Å². The first-order valence-electron chi connectivity index (χ1n) is 7.58. The van der Waals surface area contributed by atoms with E-state index in [9.17, 15) is 0 Å². The van der Waals surface area contributed by atoms with Crippen molar-refractivity contribution in [3.63, 3.8) is 0 Å². The smallest absolute Gasteiger partial charge is 0.201 e. The monoisotopic (exact) mass is 326 g/mol. The molecule has 2 rings (SSSR count). The Morgan fingerprint density at radius 1 is 0.750 bits per heavy atom. The normalized spacial score (nSPS) is 11.3. The fourth-order valence-electron chi connectivity index (χ4n) is 2.44. The van der Waals surface area contributed by atoms with Crippen LogP contribution in [0.3, 0.4) is 0 Å². The molecular weight excluding hydrogens is 304 g/mol. The van der Waals surface area contributed by atoms with E-state index >= 15 is 0 Å². The molecule has 0 saturated heterocycles. The Kier molecular flexibility index (Phi) is 6.48. The van der Waals surface area contributed by atoms with Gasteiger partial charge in [-0.1, -0.05) is 24.3 Å². The van der Waals surface area contributed by atoms with E-state index in [4.69, 9.17) is 9.68 Å². The van der Waals surface area contributed by atoms with Gasteiger partial charge in [-0.3, -0.25) is 0 Å². The summed E-state index contributed by atoms with van der Waals surface area (Å²) in [6.45, 7) is 4.11. The predicted octanol–water partition coefficient (Wildman–Crippen LogP) is 3.59. The summed E-state index contributed by atoms with van der Waals surface area (Å²) in [7, 11) is 3.36. The Morgan fingerprint density at radius 3 is 1.54 bits per heavy atom. The van der Waals surface area contributed by atoms with E-state index in [1.54, 1.807) is 14.1 Å². The summed E-state index contributed by atoms with van der Waals surface area (Å²) >= 11 is 0. The standard InChI is InChI=1S/C18H22N4O2/c1-13-7-5-9-15(21-11-23-19-3)17(13)18-14(2)8-6-10-16(18)22-12-24-20-4/h5-12,19-20H,1-4H3. The molecule has 0 fully saturated rings. The average Bonchev–Trinajstić information content (AvgIpc) is 2.57. The zero-order chi connectivity index (χ0) is 17.4. The lowest BCUT2D eigenvalue weighted by atomic mass is 9.93. The molecule has 126 valence electrons. The molecule has 0 saturated carbocycles. The van der Waals surface area contributed by atoms with E-state index in [0.29, 0.717) is 0 Å². The number of benzene rings is 2. The van der Waals surface area contributed by atoms with Crippen LogP contribution in [0, 0.1) is 13.8 Å². The predicted molar refractivity (Wildman–Crippen MR) is 97.9 cm³/mol. The SMILES string of the molecule is CNOC=Nc1cccc(C)c1-c1c(C)cccc1N=CONC. The fourth-order valence-corrected chi connectivity index (χ4v) is 2.44. The zero-order valence-electron chi connectivity index (χ0n) is 14.3.